The summed E-state index contributed by atoms with van der Waals surface area (Å²) in [6.07, 6.45) is 3.82. The Balaban J connectivity index is 1.34. The Morgan fingerprint density at radius 2 is 2.06 bits per heavy atom. The molecule has 0 spiro atoms. The third kappa shape index (κ3) is 4.24. The number of carbonyl (C=O) groups excluding carboxylic acids is 1. The van der Waals surface area contributed by atoms with E-state index in [-0.39, 0.29) is 23.9 Å². The van der Waals surface area contributed by atoms with Crippen LogP contribution in [0, 0.1) is 0 Å². The van der Waals surface area contributed by atoms with Gasteiger partial charge in [0.25, 0.3) is 11.7 Å². The largest absolute Gasteiger partial charge is 0.491 e. The van der Waals surface area contributed by atoms with Crippen LogP contribution in [0.5, 0.6) is 5.75 Å². The highest BCUT2D eigenvalue weighted by Crippen LogP contribution is 2.26. The summed E-state index contributed by atoms with van der Waals surface area (Å²) < 4.78 is 13.3. The van der Waals surface area contributed by atoms with Crippen LogP contribution in [0.15, 0.2) is 36.7 Å². The normalized spacial score (nSPS) is 22.1. The van der Waals surface area contributed by atoms with Crippen LogP contribution in [-0.2, 0) is 17.8 Å². The lowest BCUT2D eigenvalue weighted by Crippen LogP contribution is -2.44. The van der Waals surface area contributed by atoms with Crippen molar-refractivity contribution in [2.24, 2.45) is 0 Å². The monoisotopic (exact) mass is 422 g/mol. The Bertz CT molecular complexity index is 1060. The summed E-state index contributed by atoms with van der Waals surface area (Å²) in [6, 6.07) is 8.02. The lowest BCUT2D eigenvalue weighted by Gasteiger charge is -2.35. The third-order valence-electron chi connectivity index (χ3n) is 5.60. The average molecular weight is 422 g/mol. The van der Waals surface area contributed by atoms with E-state index in [2.05, 4.69) is 45.9 Å². The quantitative estimate of drug-likeness (QED) is 0.636. The van der Waals surface area contributed by atoms with Crippen LogP contribution in [0.25, 0.3) is 5.78 Å². The molecule has 0 bridgehead atoms. The highest BCUT2D eigenvalue weighted by atomic mass is 16.5. The van der Waals surface area contributed by atoms with Crippen LogP contribution in [0.4, 0.5) is 0 Å². The van der Waals surface area contributed by atoms with Gasteiger partial charge in [0.15, 0.2) is 0 Å². The SMILES string of the molecule is C[C@@H]1CN(Cc2ccc3c(c2)CN(C(=O)c2nc4ncccn4n2)CCO3)C[C@H](C)O1. The molecule has 1 amide bonds. The van der Waals surface area contributed by atoms with E-state index in [4.69, 9.17) is 9.47 Å². The molecule has 31 heavy (non-hydrogen) atoms. The fraction of sp³-hybridized carbons (Fsp3) is 0.455. The summed E-state index contributed by atoms with van der Waals surface area (Å²) in [5.74, 6) is 1.17. The van der Waals surface area contributed by atoms with Crippen LogP contribution in [-0.4, -0.2) is 73.7 Å². The van der Waals surface area contributed by atoms with Gasteiger partial charge in [-0.05, 0) is 37.6 Å². The van der Waals surface area contributed by atoms with Crippen molar-refractivity contribution in [3.05, 3.63) is 53.6 Å². The second-order valence-corrected chi connectivity index (χ2v) is 8.27. The smallest absolute Gasteiger partial charge is 0.294 e. The van der Waals surface area contributed by atoms with Gasteiger partial charge in [0, 0.05) is 44.1 Å². The zero-order valence-electron chi connectivity index (χ0n) is 17.8. The van der Waals surface area contributed by atoms with Crippen molar-refractivity contribution in [3.8, 4) is 5.75 Å². The second kappa shape index (κ2) is 8.24. The lowest BCUT2D eigenvalue weighted by molar-refractivity contribution is -0.0705. The van der Waals surface area contributed by atoms with Crippen molar-refractivity contribution < 1.29 is 14.3 Å². The first-order valence-electron chi connectivity index (χ1n) is 10.6. The molecular weight excluding hydrogens is 396 g/mol. The van der Waals surface area contributed by atoms with Gasteiger partial charge in [0.05, 0.1) is 18.8 Å². The molecule has 1 aromatic carbocycles. The Morgan fingerprint density at radius 3 is 2.87 bits per heavy atom. The van der Waals surface area contributed by atoms with E-state index in [1.54, 1.807) is 23.4 Å². The predicted octanol–water partition coefficient (Wildman–Crippen LogP) is 1.77. The first-order chi connectivity index (χ1) is 15.0. The maximum absolute atomic E-state index is 13.1. The Hall–Kier alpha value is -3.04. The van der Waals surface area contributed by atoms with Gasteiger partial charge in [-0.2, -0.15) is 4.98 Å². The number of nitrogens with zero attached hydrogens (tertiary/aromatic N) is 6. The predicted molar refractivity (Wildman–Crippen MR) is 113 cm³/mol. The van der Waals surface area contributed by atoms with Gasteiger partial charge in [-0.15, -0.1) is 5.10 Å². The molecule has 9 heteroatoms. The molecule has 0 N–H and O–H groups in total. The molecule has 5 rings (SSSR count). The summed E-state index contributed by atoms with van der Waals surface area (Å²) in [4.78, 5) is 25.7. The van der Waals surface area contributed by atoms with Gasteiger partial charge in [-0.1, -0.05) is 6.07 Å². The summed E-state index contributed by atoms with van der Waals surface area (Å²) in [5.41, 5.74) is 2.20. The Morgan fingerprint density at radius 1 is 1.23 bits per heavy atom. The van der Waals surface area contributed by atoms with Crippen molar-refractivity contribution in [3.63, 3.8) is 0 Å². The molecular formula is C22H26N6O3. The van der Waals surface area contributed by atoms with E-state index >= 15 is 0 Å². The summed E-state index contributed by atoms with van der Waals surface area (Å²) in [7, 11) is 0. The maximum Gasteiger partial charge on any atom is 0.294 e. The number of rotatable bonds is 3. The first-order valence-corrected chi connectivity index (χ1v) is 10.6. The van der Waals surface area contributed by atoms with Crippen molar-refractivity contribution in [2.75, 3.05) is 26.2 Å². The summed E-state index contributed by atoms with van der Waals surface area (Å²) in [6.45, 7) is 8.26. The molecule has 0 radical (unpaired) electrons. The van der Waals surface area contributed by atoms with Gasteiger partial charge >= 0.3 is 0 Å². The minimum Gasteiger partial charge on any atom is -0.491 e. The molecule has 3 aromatic rings. The van der Waals surface area contributed by atoms with E-state index in [0.717, 1.165) is 30.9 Å². The number of hydrogen-bond acceptors (Lipinski definition) is 7. The third-order valence-corrected chi connectivity index (χ3v) is 5.60. The zero-order chi connectivity index (χ0) is 21.4. The maximum atomic E-state index is 13.1. The Labute approximate surface area is 180 Å². The van der Waals surface area contributed by atoms with E-state index in [1.165, 1.54) is 10.1 Å². The van der Waals surface area contributed by atoms with Crippen LogP contribution >= 0.6 is 0 Å². The number of morpholine rings is 1. The number of ether oxygens (including phenoxy) is 2. The summed E-state index contributed by atoms with van der Waals surface area (Å²) >= 11 is 0. The minimum atomic E-state index is -0.219. The molecule has 2 atom stereocenters. The first kappa shape index (κ1) is 19.9. The van der Waals surface area contributed by atoms with Crippen molar-refractivity contribution in [2.45, 2.75) is 39.1 Å². The van der Waals surface area contributed by atoms with Gasteiger partial charge < -0.3 is 14.4 Å². The highest BCUT2D eigenvalue weighted by molar-refractivity contribution is 5.91. The molecule has 2 aliphatic rings. The molecule has 0 unspecified atom stereocenters. The lowest BCUT2D eigenvalue weighted by atomic mass is 10.1. The average Bonchev–Trinajstić information content (AvgIpc) is 3.06. The fourth-order valence-electron chi connectivity index (χ4n) is 4.36. The van der Waals surface area contributed by atoms with E-state index in [0.29, 0.717) is 25.5 Å². The molecule has 0 aliphatic carbocycles. The molecule has 2 aliphatic heterocycles. The van der Waals surface area contributed by atoms with Crippen LogP contribution < -0.4 is 4.74 Å². The van der Waals surface area contributed by atoms with Gasteiger partial charge in [0.1, 0.15) is 12.4 Å². The minimum absolute atomic E-state index is 0.148. The van der Waals surface area contributed by atoms with Crippen molar-refractivity contribution >= 4 is 11.7 Å². The van der Waals surface area contributed by atoms with E-state index < -0.39 is 0 Å². The van der Waals surface area contributed by atoms with E-state index in [9.17, 15) is 4.79 Å². The topological polar surface area (TPSA) is 85.1 Å². The molecule has 2 aromatic heterocycles. The number of fused-ring (bicyclic) bond motifs is 2. The van der Waals surface area contributed by atoms with Crippen molar-refractivity contribution in [1.82, 2.24) is 29.4 Å². The molecule has 0 saturated carbocycles. The molecule has 4 heterocycles. The number of aromatic nitrogens is 4. The number of amides is 1. The number of hydrogen-bond donors (Lipinski definition) is 0. The van der Waals surface area contributed by atoms with Gasteiger partial charge in [0.2, 0.25) is 5.82 Å². The number of benzene rings is 1. The second-order valence-electron chi connectivity index (χ2n) is 8.27. The van der Waals surface area contributed by atoms with Crippen LogP contribution in [0.1, 0.15) is 35.6 Å². The highest BCUT2D eigenvalue weighted by Gasteiger charge is 2.26. The molecule has 162 valence electrons. The van der Waals surface area contributed by atoms with Gasteiger partial charge in [-0.3, -0.25) is 9.69 Å². The van der Waals surface area contributed by atoms with Crippen LogP contribution in [0.3, 0.4) is 0 Å². The zero-order valence-corrected chi connectivity index (χ0v) is 17.8. The number of carbonyl (C=O) groups is 1. The Kier molecular flexibility index (Phi) is 5.29. The summed E-state index contributed by atoms with van der Waals surface area (Å²) in [5, 5.41) is 4.28. The molecule has 1 saturated heterocycles. The van der Waals surface area contributed by atoms with Gasteiger partial charge in [-0.25, -0.2) is 9.50 Å². The fourth-order valence-corrected chi connectivity index (χ4v) is 4.36. The van der Waals surface area contributed by atoms with Crippen molar-refractivity contribution in [1.29, 1.82) is 0 Å². The molecule has 1 fully saturated rings. The molecule has 9 nitrogen and oxygen atoms in total. The van der Waals surface area contributed by atoms with E-state index in [1.807, 2.05) is 6.07 Å². The standard InChI is InChI=1S/C22H26N6O3/c1-15-11-26(12-16(2)31-15)13-17-4-5-19-18(10-17)14-27(8-9-30-19)21(29)20-24-22-23-6-3-7-28(22)25-20/h3-7,10,15-16H,8-9,11-14H2,1-2H3/t15-,16+. The van der Waals surface area contributed by atoms with Crippen LogP contribution in [0.2, 0.25) is 0 Å².